The summed E-state index contributed by atoms with van der Waals surface area (Å²) in [5, 5.41) is 7.18. The molecule has 1 atom stereocenters. The fourth-order valence-electron chi connectivity index (χ4n) is 0.880. The number of amides is 1. The molecule has 0 aliphatic rings. The van der Waals surface area contributed by atoms with Crippen LogP contribution in [0.1, 0.15) is 0 Å². The third-order valence-corrected chi connectivity index (χ3v) is 1.91. The van der Waals surface area contributed by atoms with E-state index in [1.54, 1.807) is 4.57 Å². The van der Waals surface area contributed by atoms with E-state index in [1.807, 2.05) is 0 Å². The summed E-state index contributed by atoms with van der Waals surface area (Å²) in [5.74, 6) is -0.736. The van der Waals surface area contributed by atoms with Gasteiger partial charge < -0.3 is 9.47 Å². The van der Waals surface area contributed by atoms with E-state index in [4.69, 9.17) is 11.6 Å². The third-order valence-electron chi connectivity index (χ3n) is 1.72. The summed E-state index contributed by atoms with van der Waals surface area (Å²) < 4.78 is 14.0. The van der Waals surface area contributed by atoms with Crippen LogP contribution in [-0.2, 0) is 11.3 Å². The second-order valence-electron chi connectivity index (χ2n) is 2.76. The van der Waals surface area contributed by atoms with Gasteiger partial charge in [0.05, 0.1) is 0 Å². The van der Waals surface area contributed by atoms with Gasteiger partial charge in [-0.25, -0.2) is 4.39 Å². The van der Waals surface area contributed by atoms with E-state index in [2.05, 4.69) is 10.2 Å². The molecular weight excluding hydrogens is 211 g/mol. The van der Waals surface area contributed by atoms with Crippen LogP contribution >= 0.6 is 11.6 Å². The number of carbonyl (C=O) groups is 1. The topological polar surface area (TPSA) is 51.0 Å². The summed E-state index contributed by atoms with van der Waals surface area (Å²) in [5.41, 5.74) is -1.97. The SMILES string of the molecule is CN(CCn1cnnc1)C(=O)C(F)Cl. The Morgan fingerprint density at radius 1 is 1.64 bits per heavy atom. The largest absolute Gasteiger partial charge is 0.340 e. The Morgan fingerprint density at radius 2 is 2.21 bits per heavy atom. The highest BCUT2D eigenvalue weighted by atomic mass is 35.5. The molecule has 78 valence electrons. The van der Waals surface area contributed by atoms with E-state index in [0.29, 0.717) is 13.1 Å². The molecule has 0 radical (unpaired) electrons. The van der Waals surface area contributed by atoms with E-state index in [9.17, 15) is 9.18 Å². The van der Waals surface area contributed by atoms with Crippen molar-refractivity contribution >= 4 is 17.5 Å². The second-order valence-corrected chi connectivity index (χ2v) is 3.14. The summed E-state index contributed by atoms with van der Waals surface area (Å²) in [6.45, 7) is 0.878. The van der Waals surface area contributed by atoms with E-state index >= 15 is 0 Å². The van der Waals surface area contributed by atoms with Crippen LogP contribution in [0.15, 0.2) is 12.7 Å². The molecule has 7 heteroatoms. The maximum absolute atomic E-state index is 12.4. The predicted molar refractivity (Wildman–Crippen MR) is 48.4 cm³/mol. The smallest absolute Gasteiger partial charge is 0.272 e. The number of hydrogen-bond acceptors (Lipinski definition) is 3. The lowest BCUT2D eigenvalue weighted by Crippen LogP contribution is -2.34. The normalized spacial score (nSPS) is 12.5. The van der Waals surface area contributed by atoms with Gasteiger partial charge in [0.15, 0.2) is 0 Å². The van der Waals surface area contributed by atoms with Crippen molar-refractivity contribution < 1.29 is 9.18 Å². The summed E-state index contributed by atoms with van der Waals surface area (Å²) >= 11 is 4.99. The van der Waals surface area contributed by atoms with Crippen LogP contribution in [0.2, 0.25) is 0 Å². The van der Waals surface area contributed by atoms with Crippen LogP contribution in [0.5, 0.6) is 0 Å². The number of likely N-dealkylation sites (N-methyl/N-ethyl adjacent to an activating group) is 1. The molecule has 14 heavy (non-hydrogen) atoms. The fourth-order valence-corrected chi connectivity index (χ4v) is 1.05. The van der Waals surface area contributed by atoms with Gasteiger partial charge in [-0.15, -0.1) is 10.2 Å². The summed E-state index contributed by atoms with van der Waals surface area (Å²) in [7, 11) is 1.49. The van der Waals surface area contributed by atoms with E-state index in [-0.39, 0.29) is 0 Å². The molecule has 1 rings (SSSR count). The van der Waals surface area contributed by atoms with Crippen LogP contribution in [-0.4, -0.2) is 44.8 Å². The number of rotatable bonds is 4. The summed E-state index contributed by atoms with van der Waals surface area (Å²) in [6, 6.07) is 0. The minimum atomic E-state index is -1.97. The number of aromatic nitrogens is 3. The van der Waals surface area contributed by atoms with Crippen LogP contribution in [0.4, 0.5) is 4.39 Å². The Balaban J connectivity index is 2.35. The van der Waals surface area contributed by atoms with Crippen LogP contribution in [0.25, 0.3) is 0 Å². The first-order valence-electron chi connectivity index (χ1n) is 3.97. The number of hydrogen-bond donors (Lipinski definition) is 0. The molecule has 0 aliphatic carbocycles. The van der Waals surface area contributed by atoms with Crippen molar-refractivity contribution in [1.29, 1.82) is 0 Å². The van der Waals surface area contributed by atoms with Gasteiger partial charge in [-0.2, -0.15) is 0 Å². The monoisotopic (exact) mass is 220 g/mol. The minimum absolute atomic E-state index is 0.365. The molecule has 1 heterocycles. The zero-order valence-corrected chi connectivity index (χ0v) is 8.36. The predicted octanol–water partition coefficient (Wildman–Crippen LogP) is 0.271. The maximum atomic E-state index is 12.4. The van der Waals surface area contributed by atoms with Crippen molar-refractivity contribution in [3.8, 4) is 0 Å². The molecule has 0 N–H and O–H groups in total. The van der Waals surface area contributed by atoms with Crippen molar-refractivity contribution in [3.05, 3.63) is 12.7 Å². The summed E-state index contributed by atoms with van der Waals surface area (Å²) in [6.07, 6.45) is 3.04. The fraction of sp³-hybridized carbons (Fsp3) is 0.571. The Hall–Kier alpha value is -1.17. The van der Waals surface area contributed by atoms with Gasteiger partial charge in [-0.05, 0) is 0 Å². The van der Waals surface area contributed by atoms with Crippen LogP contribution in [0.3, 0.4) is 0 Å². The molecule has 5 nitrogen and oxygen atoms in total. The Kier molecular flexibility index (Phi) is 3.82. The van der Waals surface area contributed by atoms with Crippen molar-refractivity contribution in [1.82, 2.24) is 19.7 Å². The van der Waals surface area contributed by atoms with E-state index < -0.39 is 11.5 Å². The molecule has 1 unspecified atom stereocenters. The van der Waals surface area contributed by atoms with Crippen molar-refractivity contribution in [2.75, 3.05) is 13.6 Å². The standard InChI is InChI=1S/C7H10ClFN4O/c1-12(7(14)6(8)9)2-3-13-4-10-11-5-13/h4-6H,2-3H2,1H3. The molecule has 0 fully saturated rings. The zero-order chi connectivity index (χ0) is 10.6. The second kappa shape index (κ2) is 4.90. The van der Waals surface area contributed by atoms with Crippen molar-refractivity contribution in [3.63, 3.8) is 0 Å². The molecule has 1 aromatic heterocycles. The van der Waals surface area contributed by atoms with E-state index in [1.165, 1.54) is 24.6 Å². The number of alkyl halides is 2. The molecule has 0 bridgehead atoms. The van der Waals surface area contributed by atoms with Crippen molar-refractivity contribution in [2.45, 2.75) is 12.2 Å². The first kappa shape index (κ1) is 10.9. The molecule has 1 amide bonds. The lowest BCUT2D eigenvalue weighted by atomic mass is 10.5. The van der Waals surface area contributed by atoms with Gasteiger partial charge in [0.1, 0.15) is 12.7 Å². The first-order chi connectivity index (χ1) is 6.61. The van der Waals surface area contributed by atoms with Gasteiger partial charge in [0.25, 0.3) is 11.5 Å². The molecule has 1 aromatic rings. The molecular formula is C7H10ClFN4O. The van der Waals surface area contributed by atoms with Gasteiger partial charge in [-0.1, -0.05) is 11.6 Å². The Morgan fingerprint density at radius 3 is 2.71 bits per heavy atom. The quantitative estimate of drug-likeness (QED) is 0.685. The minimum Gasteiger partial charge on any atom is -0.340 e. The highest BCUT2D eigenvalue weighted by Crippen LogP contribution is 2.01. The van der Waals surface area contributed by atoms with Crippen molar-refractivity contribution in [2.24, 2.45) is 0 Å². The Labute approximate surface area is 85.5 Å². The maximum Gasteiger partial charge on any atom is 0.272 e. The molecule has 0 saturated heterocycles. The number of carbonyl (C=O) groups excluding carboxylic acids is 1. The number of halogens is 2. The van der Waals surface area contributed by atoms with Crippen LogP contribution < -0.4 is 0 Å². The van der Waals surface area contributed by atoms with E-state index in [0.717, 1.165) is 0 Å². The van der Waals surface area contributed by atoms with Gasteiger partial charge in [0, 0.05) is 20.1 Å². The van der Waals surface area contributed by atoms with Gasteiger partial charge in [0.2, 0.25) is 0 Å². The molecule has 0 aromatic carbocycles. The first-order valence-corrected chi connectivity index (χ1v) is 4.40. The molecule has 0 spiro atoms. The lowest BCUT2D eigenvalue weighted by Gasteiger charge is -2.16. The molecule has 0 aliphatic heterocycles. The van der Waals surface area contributed by atoms with Gasteiger partial charge in [-0.3, -0.25) is 4.79 Å². The van der Waals surface area contributed by atoms with Gasteiger partial charge >= 0.3 is 0 Å². The highest BCUT2D eigenvalue weighted by molar-refractivity contribution is 6.29. The summed E-state index contributed by atoms with van der Waals surface area (Å²) in [4.78, 5) is 12.2. The average molecular weight is 221 g/mol. The number of nitrogens with zero attached hydrogens (tertiary/aromatic N) is 4. The third kappa shape index (κ3) is 2.95. The molecule has 0 saturated carbocycles. The highest BCUT2D eigenvalue weighted by Gasteiger charge is 2.17. The zero-order valence-electron chi connectivity index (χ0n) is 7.60. The van der Waals surface area contributed by atoms with Crippen LogP contribution in [0, 0.1) is 0 Å². The Bertz CT molecular complexity index is 290. The lowest BCUT2D eigenvalue weighted by molar-refractivity contribution is -0.132. The average Bonchev–Trinajstić information content (AvgIpc) is 2.65.